The maximum atomic E-state index is 13.0. The van der Waals surface area contributed by atoms with Crippen LogP contribution in [0.3, 0.4) is 0 Å². The number of carbonyl (C=O) groups is 2. The van der Waals surface area contributed by atoms with Gasteiger partial charge in [0.1, 0.15) is 11.6 Å². The van der Waals surface area contributed by atoms with Gasteiger partial charge in [0.2, 0.25) is 0 Å². The Bertz CT molecular complexity index is 885. The molecule has 2 fully saturated rings. The predicted octanol–water partition coefficient (Wildman–Crippen LogP) is 2.19. The molecular formula is C22H24FN3O4. The number of likely N-dealkylation sites (tertiary alicyclic amines) is 2. The summed E-state index contributed by atoms with van der Waals surface area (Å²) in [7, 11) is 1.55. The van der Waals surface area contributed by atoms with Crippen molar-refractivity contribution in [2.45, 2.75) is 31.0 Å². The molecular weight excluding hydrogens is 389 g/mol. The van der Waals surface area contributed by atoms with E-state index in [4.69, 9.17) is 9.47 Å². The van der Waals surface area contributed by atoms with E-state index in [9.17, 15) is 14.0 Å². The van der Waals surface area contributed by atoms with Crippen LogP contribution < -0.4 is 4.74 Å². The molecule has 1 aromatic heterocycles. The molecule has 8 heteroatoms. The van der Waals surface area contributed by atoms with E-state index in [0.717, 1.165) is 5.56 Å². The van der Waals surface area contributed by atoms with E-state index >= 15 is 0 Å². The lowest BCUT2D eigenvalue weighted by atomic mass is 9.86. The lowest BCUT2D eigenvalue weighted by molar-refractivity contribution is -0.178. The second-order valence-corrected chi connectivity index (χ2v) is 7.48. The molecule has 2 amide bonds. The summed E-state index contributed by atoms with van der Waals surface area (Å²) in [4.78, 5) is 32.8. The van der Waals surface area contributed by atoms with Gasteiger partial charge in [0.25, 0.3) is 11.8 Å². The van der Waals surface area contributed by atoms with Crippen molar-refractivity contribution in [2.75, 3.05) is 26.8 Å². The number of benzene rings is 1. The molecule has 0 aliphatic carbocycles. The van der Waals surface area contributed by atoms with Crippen LogP contribution in [0.25, 0.3) is 0 Å². The van der Waals surface area contributed by atoms with E-state index in [1.807, 2.05) is 17.0 Å². The number of ether oxygens (including phenoxy) is 2. The number of nitrogens with zero attached hydrogens (tertiary/aromatic N) is 3. The number of hydrogen-bond donors (Lipinski definition) is 0. The number of rotatable bonds is 6. The van der Waals surface area contributed by atoms with Crippen LogP contribution in [0, 0.1) is 5.82 Å². The summed E-state index contributed by atoms with van der Waals surface area (Å²) in [6, 6.07) is 9.32. The number of β-lactam (4-membered cyclic amide) rings is 1. The van der Waals surface area contributed by atoms with Crippen LogP contribution in [-0.2, 0) is 14.3 Å². The van der Waals surface area contributed by atoms with Crippen molar-refractivity contribution in [3.8, 4) is 5.75 Å². The highest BCUT2D eigenvalue weighted by atomic mass is 19.1. The molecule has 2 saturated heterocycles. The van der Waals surface area contributed by atoms with E-state index in [-0.39, 0.29) is 36.3 Å². The predicted molar refractivity (Wildman–Crippen MR) is 106 cm³/mol. The van der Waals surface area contributed by atoms with Gasteiger partial charge in [-0.05, 0) is 54.8 Å². The van der Waals surface area contributed by atoms with Crippen LogP contribution in [-0.4, -0.2) is 65.6 Å². The zero-order valence-electron chi connectivity index (χ0n) is 16.7. The van der Waals surface area contributed by atoms with Gasteiger partial charge in [-0.3, -0.25) is 14.6 Å². The molecule has 0 spiro atoms. The monoisotopic (exact) mass is 413 g/mol. The van der Waals surface area contributed by atoms with E-state index < -0.39 is 6.10 Å². The third-order valence-corrected chi connectivity index (χ3v) is 5.77. The Labute approximate surface area is 174 Å². The largest absolute Gasteiger partial charge is 0.484 e. The summed E-state index contributed by atoms with van der Waals surface area (Å²) in [6.07, 6.45) is 4.35. The van der Waals surface area contributed by atoms with Crippen LogP contribution in [0.4, 0.5) is 4.39 Å². The Morgan fingerprint density at radius 1 is 1.13 bits per heavy atom. The van der Waals surface area contributed by atoms with Crippen molar-refractivity contribution in [3.05, 3.63) is 60.2 Å². The fourth-order valence-corrected chi connectivity index (χ4v) is 4.18. The summed E-state index contributed by atoms with van der Waals surface area (Å²) >= 11 is 0. The number of amides is 2. The molecule has 1 aromatic carbocycles. The highest BCUT2D eigenvalue weighted by Crippen LogP contribution is 2.40. The van der Waals surface area contributed by atoms with E-state index in [2.05, 4.69) is 4.98 Å². The van der Waals surface area contributed by atoms with Crippen LogP contribution in [0.5, 0.6) is 5.75 Å². The number of halogens is 1. The summed E-state index contributed by atoms with van der Waals surface area (Å²) in [5.41, 5.74) is 1.00. The Kier molecular flexibility index (Phi) is 5.94. The molecule has 4 rings (SSSR count). The average Bonchev–Trinajstić information content (AvgIpc) is 2.78. The van der Waals surface area contributed by atoms with Crippen LogP contribution in [0.2, 0.25) is 0 Å². The standard InChI is InChI=1S/C22H24FN3O4/c1-29-21-20(15-6-10-24-11-7-15)26(22(21)28)17-8-12-25(13-9-17)19(27)14-30-18-4-2-16(23)3-5-18/h2-7,10-11,17,20-21H,8-9,12-14H2,1H3/t20-,21+/m0/s1. The van der Waals surface area contributed by atoms with Gasteiger partial charge in [-0.25, -0.2) is 4.39 Å². The van der Waals surface area contributed by atoms with Gasteiger partial charge in [0.05, 0.1) is 6.04 Å². The number of carbonyl (C=O) groups excluding carboxylic acids is 2. The number of hydrogen-bond acceptors (Lipinski definition) is 5. The molecule has 0 radical (unpaired) electrons. The van der Waals surface area contributed by atoms with Gasteiger partial charge < -0.3 is 19.3 Å². The Morgan fingerprint density at radius 3 is 2.43 bits per heavy atom. The maximum absolute atomic E-state index is 13.0. The second-order valence-electron chi connectivity index (χ2n) is 7.48. The third kappa shape index (κ3) is 4.00. The highest BCUT2D eigenvalue weighted by Gasteiger charge is 2.51. The lowest BCUT2D eigenvalue weighted by Gasteiger charge is -2.52. The molecule has 0 N–H and O–H groups in total. The van der Waals surface area contributed by atoms with E-state index in [1.54, 1.807) is 24.4 Å². The molecule has 7 nitrogen and oxygen atoms in total. The average molecular weight is 413 g/mol. The van der Waals surface area contributed by atoms with Crippen LogP contribution in [0.1, 0.15) is 24.4 Å². The Balaban J connectivity index is 1.32. The fraction of sp³-hybridized carbons (Fsp3) is 0.409. The molecule has 3 heterocycles. The molecule has 2 aliphatic heterocycles. The molecule has 2 aromatic rings. The van der Waals surface area contributed by atoms with Gasteiger partial charge in [-0.2, -0.15) is 0 Å². The SMILES string of the molecule is CO[C@H]1C(=O)N(C2CCN(C(=O)COc3ccc(F)cc3)CC2)[C@H]1c1ccncc1. The van der Waals surface area contributed by atoms with Gasteiger partial charge in [-0.1, -0.05) is 0 Å². The first-order chi connectivity index (χ1) is 14.6. The van der Waals surface area contributed by atoms with Crippen molar-refractivity contribution in [1.82, 2.24) is 14.8 Å². The van der Waals surface area contributed by atoms with E-state index in [1.165, 1.54) is 24.3 Å². The molecule has 2 aliphatic rings. The number of aromatic nitrogens is 1. The van der Waals surface area contributed by atoms with Gasteiger partial charge in [0.15, 0.2) is 12.7 Å². The quantitative estimate of drug-likeness (QED) is 0.679. The summed E-state index contributed by atoms with van der Waals surface area (Å²) in [5.74, 6) is -0.0226. The molecule has 30 heavy (non-hydrogen) atoms. The lowest BCUT2D eigenvalue weighted by Crippen LogP contribution is -2.64. The number of piperidine rings is 1. The zero-order valence-corrected chi connectivity index (χ0v) is 16.7. The molecule has 2 atom stereocenters. The van der Waals surface area contributed by atoms with Gasteiger partial charge in [-0.15, -0.1) is 0 Å². The second kappa shape index (κ2) is 8.79. The summed E-state index contributed by atoms with van der Waals surface area (Å²) in [6.45, 7) is 1.02. The van der Waals surface area contributed by atoms with Crippen molar-refractivity contribution in [1.29, 1.82) is 0 Å². The minimum Gasteiger partial charge on any atom is -0.484 e. The first kappa shape index (κ1) is 20.3. The van der Waals surface area contributed by atoms with Crippen molar-refractivity contribution in [2.24, 2.45) is 0 Å². The van der Waals surface area contributed by atoms with Crippen LogP contribution >= 0.6 is 0 Å². The Hall–Kier alpha value is -3.00. The Morgan fingerprint density at radius 2 is 1.80 bits per heavy atom. The topological polar surface area (TPSA) is 72.0 Å². The molecule has 158 valence electrons. The molecule has 0 saturated carbocycles. The van der Waals surface area contributed by atoms with Crippen molar-refractivity contribution in [3.63, 3.8) is 0 Å². The van der Waals surface area contributed by atoms with Crippen molar-refractivity contribution >= 4 is 11.8 Å². The number of methoxy groups -OCH3 is 1. The smallest absolute Gasteiger partial charge is 0.260 e. The van der Waals surface area contributed by atoms with Gasteiger partial charge in [0, 0.05) is 38.6 Å². The molecule has 0 unspecified atom stereocenters. The molecule has 0 bridgehead atoms. The first-order valence-electron chi connectivity index (χ1n) is 9.99. The minimum atomic E-state index is -0.476. The van der Waals surface area contributed by atoms with Crippen molar-refractivity contribution < 1.29 is 23.5 Å². The van der Waals surface area contributed by atoms with Gasteiger partial charge >= 0.3 is 0 Å². The summed E-state index contributed by atoms with van der Waals surface area (Å²) < 4.78 is 23.8. The van der Waals surface area contributed by atoms with E-state index in [0.29, 0.717) is 31.7 Å². The zero-order chi connectivity index (χ0) is 21.1. The normalized spacial score (nSPS) is 22.0. The summed E-state index contributed by atoms with van der Waals surface area (Å²) in [5, 5.41) is 0. The fourth-order valence-electron chi connectivity index (χ4n) is 4.18. The maximum Gasteiger partial charge on any atom is 0.260 e. The number of pyridine rings is 1. The van der Waals surface area contributed by atoms with Crippen LogP contribution in [0.15, 0.2) is 48.8 Å². The first-order valence-corrected chi connectivity index (χ1v) is 9.99. The minimum absolute atomic E-state index is 0.0104. The third-order valence-electron chi connectivity index (χ3n) is 5.77. The highest BCUT2D eigenvalue weighted by molar-refractivity contribution is 5.89.